The van der Waals surface area contributed by atoms with Crippen molar-refractivity contribution in [1.82, 2.24) is 0 Å². The van der Waals surface area contributed by atoms with Gasteiger partial charge in [0.05, 0.1) is 7.11 Å². The van der Waals surface area contributed by atoms with Crippen LogP contribution in [0.25, 0.3) is 0 Å². The van der Waals surface area contributed by atoms with Crippen LogP contribution in [0.3, 0.4) is 0 Å². The van der Waals surface area contributed by atoms with Gasteiger partial charge in [-0.3, -0.25) is 9.59 Å². The second kappa shape index (κ2) is 5.16. The third kappa shape index (κ3) is 2.50. The number of rotatable bonds is 2. The number of halogens is 1. The molecule has 0 bridgehead atoms. The van der Waals surface area contributed by atoms with E-state index in [0.717, 1.165) is 5.69 Å². The van der Waals surface area contributed by atoms with Crippen LogP contribution in [0.2, 0.25) is 0 Å². The second-order valence-corrected chi connectivity index (χ2v) is 4.21. The van der Waals surface area contributed by atoms with Crippen molar-refractivity contribution in [2.24, 2.45) is 5.92 Å². The molecule has 1 atom stereocenters. The number of piperidine rings is 1. The molecule has 1 aliphatic heterocycles. The minimum Gasteiger partial charge on any atom is -0.468 e. The van der Waals surface area contributed by atoms with E-state index in [2.05, 4.69) is 4.74 Å². The van der Waals surface area contributed by atoms with E-state index in [1.54, 1.807) is 12.1 Å². The molecule has 1 aliphatic rings. The zero-order chi connectivity index (χ0) is 13.1. The number of hydrogen-bond acceptors (Lipinski definition) is 4. The molecule has 1 aromatic carbocycles. The van der Waals surface area contributed by atoms with Crippen LogP contribution in [0.4, 0.5) is 10.1 Å². The van der Waals surface area contributed by atoms with Gasteiger partial charge in [0.25, 0.3) is 0 Å². The summed E-state index contributed by atoms with van der Waals surface area (Å²) < 4.78 is 17.4. The van der Waals surface area contributed by atoms with Gasteiger partial charge in [0.15, 0.2) is 5.78 Å². The first-order chi connectivity index (χ1) is 8.61. The number of carbonyl (C=O) groups is 2. The molecule has 1 aromatic rings. The molecule has 4 nitrogen and oxygen atoms in total. The van der Waals surface area contributed by atoms with Crippen molar-refractivity contribution >= 4 is 17.4 Å². The number of hydrogen-bond donors (Lipinski definition) is 0. The van der Waals surface area contributed by atoms with Gasteiger partial charge in [-0.15, -0.1) is 0 Å². The molecule has 2 rings (SSSR count). The summed E-state index contributed by atoms with van der Waals surface area (Å²) in [7, 11) is 1.27. The molecular weight excluding hydrogens is 237 g/mol. The van der Waals surface area contributed by atoms with Gasteiger partial charge in [-0.1, -0.05) is 0 Å². The van der Waals surface area contributed by atoms with Crippen LogP contribution in [0, 0.1) is 11.7 Å². The van der Waals surface area contributed by atoms with Crippen molar-refractivity contribution in [2.45, 2.75) is 6.42 Å². The minimum atomic E-state index is -0.742. The fraction of sp³-hybridized carbons (Fsp3) is 0.385. The fourth-order valence-corrected chi connectivity index (χ4v) is 2.07. The van der Waals surface area contributed by atoms with Crippen LogP contribution >= 0.6 is 0 Å². The maximum atomic E-state index is 12.8. The molecule has 0 aromatic heterocycles. The topological polar surface area (TPSA) is 46.6 Å². The number of Topliss-reactive ketones (excluding diaryl/α,β-unsaturated/α-hetero) is 1. The molecule has 0 radical (unpaired) electrons. The Labute approximate surface area is 104 Å². The Kier molecular flexibility index (Phi) is 3.60. The number of nitrogens with zero attached hydrogens (tertiary/aromatic N) is 1. The van der Waals surface area contributed by atoms with Gasteiger partial charge in [0.2, 0.25) is 0 Å². The predicted octanol–water partition coefficient (Wildman–Crippen LogP) is 1.39. The average molecular weight is 251 g/mol. The van der Waals surface area contributed by atoms with Gasteiger partial charge < -0.3 is 9.64 Å². The predicted molar refractivity (Wildman–Crippen MR) is 63.7 cm³/mol. The van der Waals surface area contributed by atoms with Gasteiger partial charge in [-0.05, 0) is 24.3 Å². The Morgan fingerprint density at radius 2 is 2.06 bits per heavy atom. The van der Waals surface area contributed by atoms with Gasteiger partial charge in [0, 0.05) is 25.2 Å². The van der Waals surface area contributed by atoms with Crippen molar-refractivity contribution in [3.05, 3.63) is 30.1 Å². The summed E-state index contributed by atoms with van der Waals surface area (Å²) in [5, 5.41) is 0. The third-order valence-electron chi connectivity index (χ3n) is 3.10. The summed E-state index contributed by atoms with van der Waals surface area (Å²) in [6.07, 6.45) is 0.303. The highest BCUT2D eigenvalue weighted by atomic mass is 19.1. The van der Waals surface area contributed by atoms with Crippen LogP contribution in [0.5, 0.6) is 0 Å². The number of esters is 1. The monoisotopic (exact) mass is 251 g/mol. The number of ether oxygens (including phenoxy) is 1. The number of anilines is 1. The molecule has 96 valence electrons. The highest BCUT2D eigenvalue weighted by Crippen LogP contribution is 2.22. The summed E-state index contributed by atoms with van der Waals surface area (Å²) in [4.78, 5) is 25.0. The molecule has 0 N–H and O–H groups in total. The Morgan fingerprint density at radius 3 is 2.67 bits per heavy atom. The Hall–Kier alpha value is -1.91. The maximum Gasteiger partial charge on any atom is 0.318 e. The first-order valence-corrected chi connectivity index (χ1v) is 5.73. The normalized spacial score (nSPS) is 19.8. The highest BCUT2D eigenvalue weighted by Gasteiger charge is 2.33. The summed E-state index contributed by atoms with van der Waals surface area (Å²) in [6, 6.07) is 6.00. The van der Waals surface area contributed by atoms with E-state index in [-0.39, 0.29) is 18.1 Å². The van der Waals surface area contributed by atoms with Crippen molar-refractivity contribution in [3.8, 4) is 0 Å². The number of benzene rings is 1. The largest absolute Gasteiger partial charge is 0.468 e. The van der Waals surface area contributed by atoms with Crippen molar-refractivity contribution in [2.75, 3.05) is 25.1 Å². The Morgan fingerprint density at radius 1 is 1.39 bits per heavy atom. The number of ketones is 1. The number of carbonyl (C=O) groups excluding carboxylic acids is 2. The number of methoxy groups -OCH3 is 1. The van der Waals surface area contributed by atoms with Crippen LogP contribution in [-0.2, 0) is 14.3 Å². The van der Waals surface area contributed by atoms with E-state index >= 15 is 0 Å². The molecule has 1 saturated heterocycles. The van der Waals surface area contributed by atoms with Crippen molar-refractivity contribution in [3.63, 3.8) is 0 Å². The van der Waals surface area contributed by atoms with Crippen LogP contribution in [0.15, 0.2) is 24.3 Å². The van der Waals surface area contributed by atoms with Gasteiger partial charge in [-0.25, -0.2) is 4.39 Å². The molecular formula is C13H14FNO3. The first-order valence-electron chi connectivity index (χ1n) is 5.73. The highest BCUT2D eigenvalue weighted by molar-refractivity contribution is 6.00. The van der Waals surface area contributed by atoms with Crippen LogP contribution in [-0.4, -0.2) is 32.0 Å². The van der Waals surface area contributed by atoms with E-state index in [4.69, 9.17) is 0 Å². The molecule has 1 fully saturated rings. The van der Waals surface area contributed by atoms with Gasteiger partial charge in [-0.2, -0.15) is 0 Å². The molecule has 1 heterocycles. The van der Waals surface area contributed by atoms with Crippen LogP contribution < -0.4 is 4.90 Å². The molecule has 0 saturated carbocycles. The van der Waals surface area contributed by atoms with E-state index in [9.17, 15) is 14.0 Å². The quantitative estimate of drug-likeness (QED) is 0.588. The summed E-state index contributed by atoms with van der Waals surface area (Å²) >= 11 is 0. The van der Waals surface area contributed by atoms with Gasteiger partial charge >= 0.3 is 5.97 Å². The van der Waals surface area contributed by atoms with E-state index in [1.807, 2.05) is 4.90 Å². The molecule has 5 heteroatoms. The SMILES string of the molecule is COC(=O)C1CN(c2ccc(F)cc2)CCC1=O. The fourth-order valence-electron chi connectivity index (χ4n) is 2.07. The zero-order valence-electron chi connectivity index (χ0n) is 10.1. The second-order valence-electron chi connectivity index (χ2n) is 4.21. The zero-order valence-corrected chi connectivity index (χ0v) is 10.1. The summed E-state index contributed by atoms with van der Waals surface area (Å²) in [5.41, 5.74) is 0.804. The smallest absolute Gasteiger partial charge is 0.318 e. The summed E-state index contributed by atoms with van der Waals surface area (Å²) in [5.74, 6) is -1.66. The first kappa shape index (κ1) is 12.5. The Balaban J connectivity index is 2.14. The average Bonchev–Trinajstić information content (AvgIpc) is 2.39. The van der Waals surface area contributed by atoms with Gasteiger partial charge in [0.1, 0.15) is 11.7 Å². The Bertz CT molecular complexity index is 450. The standard InChI is InChI=1S/C13H14FNO3/c1-18-13(17)11-8-15(7-6-12(11)16)10-4-2-9(14)3-5-10/h2-5,11H,6-8H2,1H3. The molecule has 0 aliphatic carbocycles. The lowest BCUT2D eigenvalue weighted by molar-refractivity contribution is -0.149. The van der Waals surface area contributed by atoms with Crippen molar-refractivity contribution < 1.29 is 18.7 Å². The van der Waals surface area contributed by atoms with E-state index in [1.165, 1.54) is 19.2 Å². The minimum absolute atomic E-state index is 0.0970. The lowest BCUT2D eigenvalue weighted by Crippen LogP contribution is -2.44. The molecule has 18 heavy (non-hydrogen) atoms. The van der Waals surface area contributed by atoms with Crippen LogP contribution in [0.1, 0.15) is 6.42 Å². The third-order valence-corrected chi connectivity index (χ3v) is 3.10. The lowest BCUT2D eigenvalue weighted by Gasteiger charge is -2.32. The molecule has 0 amide bonds. The maximum absolute atomic E-state index is 12.8. The summed E-state index contributed by atoms with van der Waals surface area (Å²) in [6.45, 7) is 0.828. The molecule has 1 unspecified atom stereocenters. The van der Waals surface area contributed by atoms with E-state index in [0.29, 0.717) is 13.0 Å². The molecule has 0 spiro atoms. The van der Waals surface area contributed by atoms with E-state index < -0.39 is 11.9 Å². The van der Waals surface area contributed by atoms with Crippen molar-refractivity contribution in [1.29, 1.82) is 0 Å². The lowest BCUT2D eigenvalue weighted by atomic mass is 9.96.